The van der Waals surface area contributed by atoms with Gasteiger partial charge in [0.05, 0.1) is 18.5 Å². The van der Waals surface area contributed by atoms with E-state index in [9.17, 15) is 4.79 Å². The summed E-state index contributed by atoms with van der Waals surface area (Å²) in [6, 6.07) is 8.63. The van der Waals surface area contributed by atoms with Crippen LogP contribution >= 0.6 is 0 Å². The number of nitrogens with zero attached hydrogens (tertiary/aromatic N) is 1. The lowest BCUT2D eigenvalue weighted by atomic mass is 10.2. The van der Waals surface area contributed by atoms with Gasteiger partial charge in [-0.25, -0.2) is 4.98 Å². The smallest absolute Gasteiger partial charge is 0.256 e. The van der Waals surface area contributed by atoms with E-state index < -0.39 is 0 Å². The topological polar surface area (TPSA) is 81.7 Å². The van der Waals surface area contributed by atoms with E-state index in [0.29, 0.717) is 36.0 Å². The molecule has 0 spiro atoms. The summed E-state index contributed by atoms with van der Waals surface area (Å²) in [4.78, 5) is 16.4. The predicted octanol–water partition coefficient (Wildman–Crippen LogP) is 2.12. The molecule has 0 saturated heterocycles. The van der Waals surface area contributed by atoms with E-state index in [2.05, 4.69) is 15.6 Å². The van der Waals surface area contributed by atoms with Crippen LogP contribution in [0, 0.1) is 0 Å². The largest absolute Gasteiger partial charge is 0.454 e. The minimum absolute atomic E-state index is 0.180. The van der Waals surface area contributed by atoms with E-state index in [1.165, 1.54) is 0 Å². The van der Waals surface area contributed by atoms with Crippen molar-refractivity contribution in [3.63, 3.8) is 0 Å². The Labute approximate surface area is 133 Å². The molecule has 0 atom stereocenters. The number of methoxy groups -OCH3 is 1. The molecule has 1 aromatic heterocycles. The molecular weight excluding hydrogens is 298 g/mol. The monoisotopic (exact) mass is 315 g/mol. The quantitative estimate of drug-likeness (QED) is 0.795. The number of rotatable bonds is 6. The lowest BCUT2D eigenvalue weighted by Gasteiger charge is -2.08. The lowest BCUT2D eigenvalue weighted by Crippen LogP contribution is -2.13. The Hall–Kier alpha value is -2.80. The van der Waals surface area contributed by atoms with Gasteiger partial charge in [0.25, 0.3) is 5.91 Å². The molecule has 1 amide bonds. The van der Waals surface area contributed by atoms with Crippen LogP contribution in [0.4, 0.5) is 11.5 Å². The molecule has 2 aromatic rings. The maximum Gasteiger partial charge on any atom is 0.256 e. The van der Waals surface area contributed by atoms with Crippen molar-refractivity contribution in [2.45, 2.75) is 0 Å². The lowest BCUT2D eigenvalue weighted by molar-refractivity contribution is 0.102. The van der Waals surface area contributed by atoms with E-state index >= 15 is 0 Å². The Balaban J connectivity index is 1.61. The third kappa shape index (κ3) is 3.70. The van der Waals surface area contributed by atoms with Crippen molar-refractivity contribution in [2.75, 3.05) is 37.7 Å². The van der Waals surface area contributed by atoms with Crippen LogP contribution in [0.1, 0.15) is 10.4 Å². The number of benzene rings is 1. The summed E-state index contributed by atoms with van der Waals surface area (Å²) in [7, 11) is 1.65. The zero-order valence-electron chi connectivity index (χ0n) is 12.7. The summed E-state index contributed by atoms with van der Waals surface area (Å²) in [6.07, 6.45) is 1.66. The Bertz CT molecular complexity index is 688. The van der Waals surface area contributed by atoms with Gasteiger partial charge in [0.2, 0.25) is 6.79 Å². The fourth-order valence-corrected chi connectivity index (χ4v) is 2.10. The fourth-order valence-electron chi connectivity index (χ4n) is 2.10. The molecule has 1 aliphatic heterocycles. The number of nitrogens with one attached hydrogen (secondary N) is 2. The maximum atomic E-state index is 12.2. The number of ether oxygens (including phenoxy) is 3. The van der Waals surface area contributed by atoms with Crippen LogP contribution in [-0.2, 0) is 4.74 Å². The van der Waals surface area contributed by atoms with Crippen LogP contribution in [0.2, 0.25) is 0 Å². The van der Waals surface area contributed by atoms with Crippen molar-refractivity contribution in [2.24, 2.45) is 0 Å². The van der Waals surface area contributed by atoms with Gasteiger partial charge in [-0.3, -0.25) is 4.79 Å². The minimum Gasteiger partial charge on any atom is -0.454 e. The molecule has 1 aromatic carbocycles. The number of hydrogen-bond donors (Lipinski definition) is 2. The number of pyridine rings is 1. The van der Waals surface area contributed by atoms with Gasteiger partial charge >= 0.3 is 0 Å². The number of fused-ring (bicyclic) bond motifs is 1. The molecule has 0 fully saturated rings. The van der Waals surface area contributed by atoms with Crippen LogP contribution in [-0.4, -0.2) is 37.9 Å². The van der Waals surface area contributed by atoms with Crippen molar-refractivity contribution in [1.82, 2.24) is 4.98 Å². The van der Waals surface area contributed by atoms with Gasteiger partial charge < -0.3 is 24.8 Å². The van der Waals surface area contributed by atoms with E-state index in [-0.39, 0.29) is 12.7 Å². The Morgan fingerprint density at radius 2 is 2.13 bits per heavy atom. The summed E-state index contributed by atoms with van der Waals surface area (Å²) in [5.74, 6) is 1.44. The molecule has 7 heteroatoms. The fraction of sp³-hybridized carbons (Fsp3) is 0.250. The highest BCUT2D eigenvalue weighted by Gasteiger charge is 2.16. The summed E-state index contributed by atoms with van der Waals surface area (Å²) >= 11 is 0. The van der Waals surface area contributed by atoms with Gasteiger partial charge in [-0.15, -0.1) is 0 Å². The number of aromatic nitrogens is 1. The maximum absolute atomic E-state index is 12.2. The first-order valence-corrected chi connectivity index (χ1v) is 7.16. The average molecular weight is 315 g/mol. The van der Waals surface area contributed by atoms with Crippen LogP contribution in [0.5, 0.6) is 11.5 Å². The second-order valence-corrected chi connectivity index (χ2v) is 4.87. The predicted molar refractivity (Wildman–Crippen MR) is 85.1 cm³/mol. The third-order valence-corrected chi connectivity index (χ3v) is 3.28. The highest BCUT2D eigenvalue weighted by molar-refractivity contribution is 6.04. The molecule has 0 radical (unpaired) electrons. The Kier molecular flexibility index (Phi) is 4.58. The zero-order chi connectivity index (χ0) is 16.1. The third-order valence-electron chi connectivity index (χ3n) is 3.28. The number of anilines is 2. The van der Waals surface area contributed by atoms with Crippen LogP contribution in [0.15, 0.2) is 36.5 Å². The van der Waals surface area contributed by atoms with Crippen LogP contribution < -0.4 is 20.1 Å². The number of hydrogen-bond acceptors (Lipinski definition) is 6. The molecule has 2 N–H and O–H groups in total. The van der Waals surface area contributed by atoms with Crippen molar-refractivity contribution < 1.29 is 19.0 Å². The van der Waals surface area contributed by atoms with Crippen LogP contribution in [0.25, 0.3) is 0 Å². The summed E-state index contributed by atoms with van der Waals surface area (Å²) in [5, 5.41) is 5.90. The van der Waals surface area contributed by atoms with Gasteiger partial charge in [-0.05, 0) is 30.3 Å². The highest BCUT2D eigenvalue weighted by atomic mass is 16.7. The van der Waals surface area contributed by atoms with Crippen molar-refractivity contribution in [3.8, 4) is 11.5 Å². The van der Waals surface area contributed by atoms with Crippen molar-refractivity contribution >= 4 is 17.4 Å². The molecule has 0 bridgehead atoms. The van der Waals surface area contributed by atoms with E-state index in [4.69, 9.17) is 14.2 Å². The first-order chi connectivity index (χ1) is 11.3. The Morgan fingerprint density at radius 1 is 1.26 bits per heavy atom. The van der Waals surface area contributed by atoms with E-state index in [1.807, 2.05) is 6.07 Å². The SMILES string of the molecule is COCCNc1ccc(NC(=O)c2ccc3c(c2)OCO3)nc1. The first kappa shape index (κ1) is 15.1. The molecule has 0 unspecified atom stereocenters. The second kappa shape index (κ2) is 6.97. The average Bonchev–Trinajstić information content (AvgIpc) is 3.04. The highest BCUT2D eigenvalue weighted by Crippen LogP contribution is 2.32. The molecular formula is C16H17N3O4. The second-order valence-electron chi connectivity index (χ2n) is 4.87. The normalized spacial score (nSPS) is 12.0. The Morgan fingerprint density at radius 3 is 2.91 bits per heavy atom. The summed E-state index contributed by atoms with van der Waals surface area (Å²) in [6.45, 7) is 1.49. The van der Waals surface area contributed by atoms with Gasteiger partial charge in [0.15, 0.2) is 11.5 Å². The van der Waals surface area contributed by atoms with E-state index in [0.717, 1.165) is 5.69 Å². The van der Waals surface area contributed by atoms with Gasteiger partial charge in [0.1, 0.15) is 5.82 Å². The molecule has 23 heavy (non-hydrogen) atoms. The van der Waals surface area contributed by atoms with Crippen molar-refractivity contribution in [3.05, 3.63) is 42.1 Å². The van der Waals surface area contributed by atoms with Gasteiger partial charge in [0, 0.05) is 19.2 Å². The van der Waals surface area contributed by atoms with Gasteiger partial charge in [-0.1, -0.05) is 0 Å². The summed E-state index contributed by atoms with van der Waals surface area (Å²) < 4.78 is 15.4. The zero-order valence-corrected chi connectivity index (χ0v) is 12.7. The molecule has 7 nitrogen and oxygen atoms in total. The number of carbonyl (C=O) groups is 1. The number of carbonyl (C=O) groups excluding carboxylic acids is 1. The first-order valence-electron chi connectivity index (χ1n) is 7.16. The van der Waals surface area contributed by atoms with Crippen LogP contribution in [0.3, 0.4) is 0 Å². The molecule has 0 saturated carbocycles. The minimum atomic E-state index is -0.254. The molecule has 120 valence electrons. The number of amides is 1. The summed E-state index contributed by atoms with van der Waals surface area (Å²) in [5.41, 5.74) is 1.35. The van der Waals surface area contributed by atoms with E-state index in [1.54, 1.807) is 37.6 Å². The standard InChI is InChI=1S/C16H17N3O4/c1-21-7-6-17-12-3-5-15(18-9-12)19-16(20)11-2-4-13-14(8-11)23-10-22-13/h2-5,8-9,17H,6-7,10H2,1H3,(H,18,19,20). The molecule has 0 aliphatic carbocycles. The van der Waals surface area contributed by atoms with Gasteiger partial charge in [-0.2, -0.15) is 0 Å². The molecule has 2 heterocycles. The molecule has 1 aliphatic rings. The molecule has 3 rings (SSSR count). The van der Waals surface area contributed by atoms with Crippen molar-refractivity contribution in [1.29, 1.82) is 0 Å².